The number of hydrogen-bond donors (Lipinski definition) is 4. The fourth-order valence-corrected chi connectivity index (χ4v) is 1.60. The maximum Gasteiger partial charge on any atom is 0.488 e. The van der Waals surface area contributed by atoms with Crippen LogP contribution in [0.15, 0.2) is 18.2 Å². The van der Waals surface area contributed by atoms with Gasteiger partial charge in [-0.25, -0.2) is 0 Å². The highest BCUT2D eigenvalue weighted by Gasteiger charge is 2.20. The molecule has 0 atom stereocenters. The Labute approximate surface area is 131 Å². The minimum absolute atomic E-state index is 0.0730. The van der Waals surface area contributed by atoms with Gasteiger partial charge in [0.1, 0.15) is 6.61 Å². The van der Waals surface area contributed by atoms with Crippen molar-refractivity contribution in [3.05, 3.63) is 33.9 Å². The van der Waals surface area contributed by atoms with Gasteiger partial charge >= 0.3 is 7.12 Å². The van der Waals surface area contributed by atoms with Crippen molar-refractivity contribution in [1.82, 2.24) is 10.6 Å². The van der Waals surface area contributed by atoms with Crippen LogP contribution in [0.1, 0.15) is 10.4 Å². The second-order valence-corrected chi connectivity index (χ2v) is 4.43. The van der Waals surface area contributed by atoms with Crippen LogP contribution in [0.3, 0.4) is 0 Å². The molecule has 0 saturated heterocycles. The van der Waals surface area contributed by atoms with Gasteiger partial charge in [-0.2, -0.15) is 0 Å². The number of nitrogens with zero attached hydrogens (tertiary/aromatic N) is 1. The number of hydrogen-bond acceptors (Lipinski definition) is 7. The number of nitro groups is 1. The Balaban J connectivity index is 2.65. The van der Waals surface area contributed by atoms with Crippen molar-refractivity contribution >= 4 is 30.1 Å². The van der Waals surface area contributed by atoms with Gasteiger partial charge in [-0.05, 0) is 11.5 Å². The molecule has 0 aliphatic rings. The molecule has 0 radical (unpaired) electrons. The van der Waals surface area contributed by atoms with E-state index in [1.165, 1.54) is 7.05 Å². The van der Waals surface area contributed by atoms with Crippen molar-refractivity contribution in [3.63, 3.8) is 0 Å². The highest BCUT2D eigenvalue weighted by molar-refractivity contribution is 6.58. The zero-order valence-electron chi connectivity index (χ0n) is 12.3. The first-order chi connectivity index (χ1) is 10.8. The molecule has 124 valence electrons. The molecule has 0 aliphatic carbocycles. The molecular weight excluding hydrogens is 309 g/mol. The van der Waals surface area contributed by atoms with Gasteiger partial charge in [0.2, 0.25) is 5.91 Å². The summed E-state index contributed by atoms with van der Waals surface area (Å²) in [5.41, 5.74) is -0.689. The van der Waals surface area contributed by atoms with Gasteiger partial charge in [-0.1, -0.05) is 0 Å². The van der Waals surface area contributed by atoms with Crippen molar-refractivity contribution in [2.45, 2.75) is 0 Å². The third-order valence-corrected chi connectivity index (χ3v) is 2.76. The van der Waals surface area contributed by atoms with Crippen LogP contribution in [-0.4, -0.2) is 60.7 Å². The zero-order valence-corrected chi connectivity index (χ0v) is 12.3. The van der Waals surface area contributed by atoms with E-state index < -0.39 is 23.6 Å². The normalized spacial score (nSPS) is 10.0. The van der Waals surface area contributed by atoms with Gasteiger partial charge in [0.05, 0.1) is 11.5 Å². The number of rotatable bonds is 8. The Kier molecular flexibility index (Phi) is 7.12. The van der Waals surface area contributed by atoms with Crippen LogP contribution in [0, 0.1) is 10.1 Å². The summed E-state index contributed by atoms with van der Waals surface area (Å²) in [4.78, 5) is 32.9. The summed E-state index contributed by atoms with van der Waals surface area (Å²) >= 11 is 0. The predicted octanol–water partition coefficient (Wildman–Crippen LogP) is -2.23. The molecule has 1 aromatic rings. The summed E-state index contributed by atoms with van der Waals surface area (Å²) < 4.78 is 4.98. The quantitative estimate of drug-likeness (QED) is 0.183. The van der Waals surface area contributed by atoms with Crippen LogP contribution in [0.5, 0.6) is 0 Å². The topological polar surface area (TPSA) is 151 Å². The molecule has 4 N–H and O–H groups in total. The minimum Gasteiger partial charge on any atom is -0.423 e. The summed E-state index contributed by atoms with van der Waals surface area (Å²) in [6.45, 7) is 0.00311. The standard InChI is InChI=1S/C12H16BN3O7/c1-14-11(17)7-23-3-2-15-12(18)8-4-9(13(19)20)6-10(5-8)16(21)22/h4-6,19-20H,2-3,7H2,1H3,(H,14,17)(H,15,18). The third-order valence-electron chi connectivity index (χ3n) is 2.76. The number of carbonyl (C=O) groups is 2. The fraction of sp³-hybridized carbons (Fsp3) is 0.333. The lowest BCUT2D eigenvalue weighted by Crippen LogP contribution is -2.33. The number of carbonyl (C=O) groups excluding carboxylic acids is 2. The average molecular weight is 325 g/mol. The van der Waals surface area contributed by atoms with E-state index >= 15 is 0 Å². The van der Waals surface area contributed by atoms with Crippen molar-refractivity contribution in [3.8, 4) is 0 Å². The molecule has 23 heavy (non-hydrogen) atoms. The highest BCUT2D eigenvalue weighted by Crippen LogP contribution is 2.12. The summed E-state index contributed by atoms with van der Waals surface area (Å²) in [7, 11) is -0.472. The van der Waals surface area contributed by atoms with Gasteiger partial charge in [0.25, 0.3) is 11.6 Å². The summed E-state index contributed by atoms with van der Waals surface area (Å²) in [5, 5.41) is 33.8. The Morgan fingerprint density at radius 1 is 1.35 bits per heavy atom. The van der Waals surface area contributed by atoms with E-state index in [9.17, 15) is 19.7 Å². The van der Waals surface area contributed by atoms with Crippen LogP contribution >= 0.6 is 0 Å². The Hall–Kier alpha value is -2.50. The molecule has 10 nitrogen and oxygen atoms in total. The fourth-order valence-electron chi connectivity index (χ4n) is 1.60. The molecule has 0 aromatic heterocycles. The van der Waals surface area contributed by atoms with Crippen LogP contribution < -0.4 is 16.1 Å². The van der Waals surface area contributed by atoms with Crippen molar-refractivity contribution in [1.29, 1.82) is 0 Å². The van der Waals surface area contributed by atoms with Crippen molar-refractivity contribution in [2.24, 2.45) is 0 Å². The van der Waals surface area contributed by atoms with Crippen molar-refractivity contribution < 1.29 is 29.3 Å². The Morgan fingerprint density at radius 3 is 2.61 bits per heavy atom. The van der Waals surface area contributed by atoms with E-state index in [0.29, 0.717) is 0 Å². The summed E-state index contributed by atoms with van der Waals surface area (Å²) in [5.74, 6) is -0.948. The van der Waals surface area contributed by atoms with Gasteiger partial charge in [-0.15, -0.1) is 0 Å². The van der Waals surface area contributed by atoms with Gasteiger partial charge in [0.15, 0.2) is 0 Å². The highest BCUT2D eigenvalue weighted by atomic mass is 16.6. The number of benzene rings is 1. The molecule has 0 unspecified atom stereocenters. The largest absolute Gasteiger partial charge is 0.488 e. The second kappa shape index (κ2) is 8.83. The van der Waals surface area contributed by atoms with Crippen LogP contribution in [0.25, 0.3) is 0 Å². The van der Waals surface area contributed by atoms with E-state index in [0.717, 1.165) is 18.2 Å². The number of ether oxygens (including phenoxy) is 1. The first kappa shape index (κ1) is 18.6. The predicted molar refractivity (Wildman–Crippen MR) is 80.1 cm³/mol. The number of non-ortho nitro benzene ring substituents is 1. The van der Waals surface area contributed by atoms with E-state index in [1.54, 1.807) is 0 Å². The zero-order chi connectivity index (χ0) is 17.4. The molecule has 0 saturated carbocycles. The van der Waals surface area contributed by atoms with E-state index in [2.05, 4.69) is 10.6 Å². The van der Waals surface area contributed by atoms with E-state index in [1.807, 2.05) is 0 Å². The van der Waals surface area contributed by atoms with E-state index in [4.69, 9.17) is 14.8 Å². The van der Waals surface area contributed by atoms with Crippen molar-refractivity contribution in [2.75, 3.05) is 26.8 Å². The molecule has 2 amide bonds. The lowest BCUT2D eigenvalue weighted by atomic mass is 9.79. The number of nitrogens with one attached hydrogen (secondary N) is 2. The number of amides is 2. The lowest BCUT2D eigenvalue weighted by molar-refractivity contribution is -0.384. The van der Waals surface area contributed by atoms with Gasteiger partial charge in [-0.3, -0.25) is 19.7 Å². The van der Waals surface area contributed by atoms with Gasteiger partial charge in [0, 0.05) is 31.3 Å². The molecule has 1 aromatic carbocycles. The molecule has 0 spiro atoms. The molecule has 0 bridgehead atoms. The Bertz CT molecular complexity index is 594. The van der Waals surface area contributed by atoms with Crippen LogP contribution in [-0.2, 0) is 9.53 Å². The molecule has 0 heterocycles. The second-order valence-electron chi connectivity index (χ2n) is 4.43. The lowest BCUT2D eigenvalue weighted by Gasteiger charge is -2.08. The number of nitro benzene ring substituents is 1. The molecule has 11 heteroatoms. The first-order valence-electron chi connectivity index (χ1n) is 6.57. The van der Waals surface area contributed by atoms with E-state index in [-0.39, 0.29) is 36.7 Å². The number of likely N-dealkylation sites (N-methyl/N-ethyl adjacent to an activating group) is 1. The average Bonchev–Trinajstić information content (AvgIpc) is 2.53. The Morgan fingerprint density at radius 2 is 2.04 bits per heavy atom. The maximum absolute atomic E-state index is 11.9. The molecule has 1 rings (SSSR count). The van der Waals surface area contributed by atoms with Gasteiger partial charge < -0.3 is 25.4 Å². The molecular formula is C12H16BN3O7. The first-order valence-corrected chi connectivity index (χ1v) is 6.57. The maximum atomic E-state index is 11.9. The minimum atomic E-state index is -1.93. The summed E-state index contributed by atoms with van der Waals surface area (Å²) in [6.07, 6.45) is 0. The SMILES string of the molecule is CNC(=O)COCCNC(=O)c1cc(B(O)O)cc([N+](=O)[O-])c1. The third kappa shape index (κ3) is 6.02. The summed E-state index contributed by atoms with van der Waals surface area (Å²) in [6, 6.07) is 3.12. The smallest absolute Gasteiger partial charge is 0.423 e. The molecule has 0 aliphatic heterocycles. The molecule has 0 fully saturated rings. The monoisotopic (exact) mass is 325 g/mol. The van der Waals surface area contributed by atoms with Crippen LogP contribution in [0.2, 0.25) is 0 Å². The van der Waals surface area contributed by atoms with Crippen LogP contribution in [0.4, 0.5) is 5.69 Å².